The van der Waals surface area contributed by atoms with Crippen LogP contribution in [0.4, 0.5) is 0 Å². The number of nitrogens with zero attached hydrogens (tertiary/aromatic N) is 3. The zero-order valence-electron chi connectivity index (χ0n) is 16.8. The molecule has 9 nitrogen and oxygen atoms in total. The summed E-state index contributed by atoms with van der Waals surface area (Å²) < 4.78 is 30.8. The normalized spacial score (nSPS) is 11.2. The zero-order chi connectivity index (χ0) is 22.9. The first-order valence-corrected chi connectivity index (χ1v) is 10.8. The van der Waals surface area contributed by atoms with Crippen molar-refractivity contribution in [3.8, 4) is 39.9 Å². The third-order valence-corrected chi connectivity index (χ3v) is 5.84. The molecule has 0 radical (unpaired) electrons. The van der Waals surface area contributed by atoms with E-state index >= 15 is 0 Å². The first-order chi connectivity index (χ1) is 15.3. The predicted molar refractivity (Wildman–Crippen MR) is 118 cm³/mol. The second-order valence-corrected chi connectivity index (χ2v) is 8.37. The molecule has 0 fully saturated rings. The number of H-pyrrole nitrogens is 1. The number of pyridine rings is 1. The summed E-state index contributed by atoms with van der Waals surface area (Å²) in [7, 11) is -2.73. The molecule has 0 saturated carbocycles. The van der Waals surface area contributed by atoms with Crippen LogP contribution in [-0.4, -0.2) is 30.1 Å². The Labute approximate surface area is 183 Å². The van der Waals surface area contributed by atoms with Gasteiger partial charge in [0.05, 0.1) is 13.4 Å². The molecule has 0 aliphatic heterocycles. The second kappa shape index (κ2) is 8.14. The Kier molecular flexibility index (Phi) is 5.36. The Morgan fingerprint density at radius 3 is 2.44 bits per heavy atom. The van der Waals surface area contributed by atoms with E-state index in [-0.39, 0.29) is 16.2 Å². The van der Waals surface area contributed by atoms with Crippen LogP contribution < -0.4 is 15.4 Å². The summed E-state index contributed by atoms with van der Waals surface area (Å²) in [6.45, 7) is 0. The van der Waals surface area contributed by atoms with Crippen LogP contribution >= 0.6 is 0 Å². The van der Waals surface area contributed by atoms with Gasteiger partial charge in [-0.3, -0.25) is 4.79 Å². The zero-order valence-corrected chi connectivity index (χ0v) is 17.6. The molecule has 2 aromatic carbocycles. The van der Waals surface area contributed by atoms with Crippen molar-refractivity contribution in [3.63, 3.8) is 0 Å². The molecule has 0 aliphatic rings. The van der Waals surface area contributed by atoms with Crippen LogP contribution in [0.3, 0.4) is 0 Å². The Morgan fingerprint density at radius 2 is 1.84 bits per heavy atom. The molecule has 0 amide bonds. The quantitative estimate of drug-likeness (QED) is 0.481. The van der Waals surface area contributed by atoms with Gasteiger partial charge in [-0.25, -0.2) is 18.5 Å². The molecule has 32 heavy (non-hydrogen) atoms. The summed E-state index contributed by atoms with van der Waals surface area (Å²) in [4.78, 5) is 19.1. The number of ether oxygens (including phenoxy) is 1. The van der Waals surface area contributed by atoms with Gasteiger partial charge in [0, 0.05) is 29.3 Å². The number of nitrogens with one attached hydrogen (secondary N) is 1. The van der Waals surface area contributed by atoms with E-state index in [2.05, 4.69) is 9.97 Å². The first-order valence-electron chi connectivity index (χ1n) is 9.29. The maximum absolute atomic E-state index is 12.6. The fraction of sp³-hybridized carbons (Fsp3) is 0.0455. The minimum absolute atomic E-state index is 0.0516. The Bertz CT molecular complexity index is 1500. The van der Waals surface area contributed by atoms with E-state index in [1.807, 2.05) is 22.8 Å². The average molecular weight is 447 g/mol. The number of hydrogen-bond acceptors (Lipinski definition) is 6. The molecule has 4 aromatic rings. The molecule has 0 saturated heterocycles. The Balaban J connectivity index is 1.86. The Morgan fingerprint density at radius 1 is 1.12 bits per heavy atom. The van der Waals surface area contributed by atoms with E-state index in [9.17, 15) is 18.5 Å². The lowest BCUT2D eigenvalue weighted by atomic mass is 9.99. The molecule has 0 spiro atoms. The van der Waals surface area contributed by atoms with E-state index in [0.717, 1.165) is 5.69 Å². The van der Waals surface area contributed by atoms with Crippen molar-refractivity contribution in [3.05, 3.63) is 83.2 Å². The number of nitrogens with two attached hydrogens (primary N) is 1. The lowest BCUT2D eigenvalue weighted by molar-refractivity contribution is 0.403. The third kappa shape index (κ3) is 3.90. The molecule has 0 bridgehead atoms. The Hall–Kier alpha value is -4.20. The van der Waals surface area contributed by atoms with Crippen molar-refractivity contribution in [1.29, 1.82) is 5.26 Å². The number of imidazole rings is 1. The fourth-order valence-electron chi connectivity index (χ4n) is 3.35. The van der Waals surface area contributed by atoms with Gasteiger partial charge in [0.15, 0.2) is 0 Å². The van der Waals surface area contributed by atoms with E-state index in [4.69, 9.17) is 9.88 Å². The fourth-order valence-corrected chi connectivity index (χ4v) is 4.07. The summed E-state index contributed by atoms with van der Waals surface area (Å²) >= 11 is 0. The van der Waals surface area contributed by atoms with E-state index in [0.29, 0.717) is 22.4 Å². The smallest absolute Gasteiger partial charge is 0.266 e. The number of aromatic nitrogens is 3. The highest BCUT2D eigenvalue weighted by atomic mass is 32.2. The highest BCUT2D eigenvalue weighted by Gasteiger charge is 2.18. The standard InChI is InChI=1S/C22H17N5O4S/c1-31-20-7-4-15(10-21(20)32(24,29)30)19-11-17(18(12-23)22(28)26-19)14-2-5-16(6-3-14)27-9-8-25-13-27/h2-11,13H,1H3,(H,26,28)(H2,24,29,30). The first kappa shape index (κ1) is 21.0. The molecule has 2 heterocycles. The maximum atomic E-state index is 12.6. The van der Waals surface area contributed by atoms with Gasteiger partial charge in [-0.2, -0.15) is 5.26 Å². The summed E-state index contributed by atoms with van der Waals surface area (Å²) in [5, 5.41) is 14.9. The monoisotopic (exact) mass is 447 g/mol. The number of nitriles is 1. The van der Waals surface area contributed by atoms with E-state index in [1.165, 1.54) is 19.2 Å². The average Bonchev–Trinajstić information content (AvgIpc) is 3.32. The van der Waals surface area contributed by atoms with Crippen LogP contribution in [0.2, 0.25) is 0 Å². The highest BCUT2D eigenvalue weighted by molar-refractivity contribution is 7.89. The summed E-state index contributed by atoms with van der Waals surface area (Å²) in [6, 6.07) is 15.2. The van der Waals surface area contributed by atoms with Crippen LogP contribution in [0.15, 0.2) is 76.9 Å². The largest absolute Gasteiger partial charge is 0.495 e. The number of hydrogen-bond donors (Lipinski definition) is 2. The minimum atomic E-state index is -4.06. The van der Waals surface area contributed by atoms with Crippen LogP contribution in [0.5, 0.6) is 5.75 Å². The number of sulfonamides is 1. The van der Waals surface area contributed by atoms with E-state index < -0.39 is 15.6 Å². The summed E-state index contributed by atoms with van der Waals surface area (Å²) in [5.74, 6) is 0.0857. The molecule has 0 aliphatic carbocycles. The SMILES string of the molecule is COc1ccc(-c2cc(-c3ccc(-n4ccnc4)cc3)c(C#N)c(=O)[nH]2)cc1S(N)(=O)=O. The number of rotatable bonds is 5. The number of benzene rings is 2. The van der Waals surface area contributed by atoms with Crippen molar-refractivity contribution in [2.75, 3.05) is 7.11 Å². The van der Waals surface area contributed by atoms with Gasteiger partial charge in [-0.15, -0.1) is 0 Å². The van der Waals surface area contributed by atoms with Gasteiger partial charge in [-0.05, 0) is 47.5 Å². The molecule has 2 aromatic heterocycles. The van der Waals surface area contributed by atoms with Crippen molar-refractivity contribution in [2.24, 2.45) is 5.14 Å². The summed E-state index contributed by atoms with van der Waals surface area (Å²) in [5.41, 5.74) is 2.01. The predicted octanol–water partition coefficient (Wildman–Crippen LogP) is 2.42. The summed E-state index contributed by atoms with van der Waals surface area (Å²) in [6.07, 6.45) is 5.12. The van der Waals surface area contributed by atoms with Crippen LogP contribution in [0.25, 0.3) is 28.1 Å². The highest BCUT2D eigenvalue weighted by Crippen LogP contribution is 2.31. The molecule has 3 N–H and O–H groups in total. The molecular weight excluding hydrogens is 430 g/mol. The minimum Gasteiger partial charge on any atom is -0.495 e. The lowest BCUT2D eigenvalue weighted by Crippen LogP contribution is -2.15. The number of primary sulfonamides is 1. The van der Waals surface area contributed by atoms with Crippen molar-refractivity contribution >= 4 is 10.0 Å². The van der Waals surface area contributed by atoms with E-state index in [1.54, 1.807) is 43.0 Å². The molecule has 0 unspecified atom stereocenters. The van der Waals surface area contributed by atoms with Crippen LogP contribution in [0, 0.1) is 11.3 Å². The lowest BCUT2D eigenvalue weighted by Gasteiger charge is -2.12. The number of aromatic amines is 1. The van der Waals surface area contributed by atoms with Crippen molar-refractivity contribution in [1.82, 2.24) is 14.5 Å². The molecule has 10 heteroatoms. The van der Waals surface area contributed by atoms with Gasteiger partial charge in [0.2, 0.25) is 10.0 Å². The van der Waals surface area contributed by atoms with Gasteiger partial charge in [-0.1, -0.05) is 12.1 Å². The molecule has 4 rings (SSSR count). The third-order valence-electron chi connectivity index (χ3n) is 4.91. The number of methoxy groups -OCH3 is 1. The topological polar surface area (TPSA) is 144 Å². The molecular formula is C22H17N5O4S. The van der Waals surface area contributed by atoms with Crippen LogP contribution in [-0.2, 0) is 10.0 Å². The van der Waals surface area contributed by atoms with Gasteiger partial charge < -0.3 is 14.3 Å². The van der Waals surface area contributed by atoms with Gasteiger partial charge >= 0.3 is 0 Å². The second-order valence-electron chi connectivity index (χ2n) is 6.84. The molecule has 160 valence electrons. The van der Waals surface area contributed by atoms with Gasteiger partial charge in [0.25, 0.3) is 5.56 Å². The molecule has 0 atom stereocenters. The van der Waals surface area contributed by atoms with Crippen molar-refractivity contribution in [2.45, 2.75) is 4.90 Å². The van der Waals surface area contributed by atoms with Gasteiger partial charge in [0.1, 0.15) is 22.3 Å². The maximum Gasteiger partial charge on any atom is 0.266 e. The van der Waals surface area contributed by atoms with Crippen LogP contribution in [0.1, 0.15) is 5.56 Å². The van der Waals surface area contributed by atoms with Crippen molar-refractivity contribution < 1.29 is 13.2 Å².